The first-order valence-corrected chi connectivity index (χ1v) is 8.93. The van der Waals surface area contributed by atoms with Crippen molar-refractivity contribution in [3.8, 4) is 5.69 Å². The number of amides is 1. The summed E-state index contributed by atoms with van der Waals surface area (Å²) in [5.74, 6) is 1.39. The molecule has 2 heterocycles. The zero-order valence-electron chi connectivity index (χ0n) is 13.1. The van der Waals surface area contributed by atoms with Gasteiger partial charge in [0, 0.05) is 18.1 Å². The van der Waals surface area contributed by atoms with Gasteiger partial charge >= 0.3 is 0 Å². The Balaban J connectivity index is 1.72. The number of imidazole rings is 1. The lowest BCUT2D eigenvalue weighted by Gasteiger charge is -2.31. The maximum atomic E-state index is 12.4. The molecule has 2 N–H and O–H groups in total. The molecule has 1 aliphatic heterocycles. The number of carbonyl (C=O) groups is 1. The summed E-state index contributed by atoms with van der Waals surface area (Å²) in [5.41, 5.74) is 0.772. The van der Waals surface area contributed by atoms with E-state index in [1.54, 1.807) is 24.3 Å². The van der Waals surface area contributed by atoms with Crippen molar-refractivity contribution in [3.63, 3.8) is 0 Å². The summed E-state index contributed by atoms with van der Waals surface area (Å²) in [7, 11) is 0. The summed E-state index contributed by atoms with van der Waals surface area (Å²) in [5, 5.41) is 13.5. The van der Waals surface area contributed by atoms with Gasteiger partial charge < -0.3 is 15.0 Å². The van der Waals surface area contributed by atoms with Crippen LogP contribution in [0.2, 0.25) is 0 Å². The number of nitrogens with zero attached hydrogens (tertiary/aromatic N) is 2. The van der Waals surface area contributed by atoms with Gasteiger partial charge in [-0.3, -0.25) is 4.79 Å². The number of hydrogen-bond donors (Lipinski definition) is 2. The van der Waals surface area contributed by atoms with Crippen molar-refractivity contribution in [1.29, 1.82) is 0 Å². The highest BCUT2D eigenvalue weighted by atomic mass is 32.2. The molecule has 0 bridgehead atoms. The van der Waals surface area contributed by atoms with Crippen molar-refractivity contribution in [2.24, 2.45) is 0 Å². The first kappa shape index (κ1) is 16.1. The molecule has 0 spiro atoms. The molecule has 0 saturated carbocycles. The van der Waals surface area contributed by atoms with Gasteiger partial charge in [0.2, 0.25) is 0 Å². The van der Waals surface area contributed by atoms with Crippen LogP contribution >= 0.6 is 11.8 Å². The van der Waals surface area contributed by atoms with Crippen LogP contribution in [0.4, 0.5) is 0 Å². The number of thioether (sulfide) groups is 1. The third-order valence-corrected chi connectivity index (χ3v) is 5.25. The summed E-state index contributed by atoms with van der Waals surface area (Å²) < 4.78 is 1.92. The molecular weight excluding hydrogens is 310 g/mol. The molecule has 1 amide bonds. The molecule has 0 aliphatic carbocycles. The molecule has 1 saturated heterocycles. The molecule has 122 valence electrons. The summed E-state index contributed by atoms with van der Waals surface area (Å²) in [6.07, 6.45) is 6.39. The van der Waals surface area contributed by atoms with Crippen molar-refractivity contribution < 1.29 is 9.90 Å². The Bertz CT molecular complexity index is 666. The summed E-state index contributed by atoms with van der Waals surface area (Å²) in [6.45, 7) is 1.94. The molecule has 1 unspecified atom stereocenters. The summed E-state index contributed by atoms with van der Waals surface area (Å²) in [4.78, 5) is 16.5. The fourth-order valence-corrected chi connectivity index (χ4v) is 3.89. The van der Waals surface area contributed by atoms with Crippen LogP contribution in [0, 0.1) is 0 Å². The molecule has 2 aromatic rings. The first-order valence-electron chi connectivity index (χ1n) is 7.78. The third-order valence-electron chi connectivity index (χ3n) is 4.26. The number of hydrogen-bond acceptors (Lipinski definition) is 4. The van der Waals surface area contributed by atoms with E-state index in [9.17, 15) is 9.90 Å². The Labute approximate surface area is 140 Å². The van der Waals surface area contributed by atoms with E-state index in [2.05, 4.69) is 10.3 Å². The van der Waals surface area contributed by atoms with Crippen LogP contribution in [-0.4, -0.2) is 37.7 Å². The van der Waals surface area contributed by atoms with E-state index in [1.165, 1.54) is 0 Å². The van der Waals surface area contributed by atoms with Crippen LogP contribution in [0.25, 0.3) is 5.69 Å². The number of benzene rings is 1. The normalized spacial score (nSPS) is 18.3. The van der Waals surface area contributed by atoms with Gasteiger partial charge in [-0.15, -0.1) is 0 Å². The Kier molecular flexibility index (Phi) is 4.73. The lowest BCUT2D eigenvalue weighted by atomic mass is 9.95. The predicted molar refractivity (Wildman–Crippen MR) is 91.6 cm³/mol. The summed E-state index contributed by atoms with van der Waals surface area (Å²) >= 11 is 1.78. The molecule has 1 atom stereocenters. The van der Waals surface area contributed by atoms with Crippen LogP contribution in [0.15, 0.2) is 43.0 Å². The highest BCUT2D eigenvalue weighted by Gasteiger charge is 2.37. The van der Waals surface area contributed by atoms with Gasteiger partial charge in [-0.05, 0) is 49.0 Å². The molecule has 5 nitrogen and oxygen atoms in total. The van der Waals surface area contributed by atoms with Crippen LogP contribution < -0.4 is 5.32 Å². The van der Waals surface area contributed by atoms with Gasteiger partial charge in [-0.25, -0.2) is 4.98 Å². The van der Waals surface area contributed by atoms with Crippen LogP contribution in [0.5, 0.6) is 0 Å². The Morgan fingerprint density at radius 3 is 2.91 bits per heavy atom. The minimum atomic E-state index is -1.22. The molecule has 1 aliphatic rings. The topological polar surface area (TPSA) is 67.2 Å². The van der Waals surface area contributed by atoms with Crippen molar-refractivity contribution in [2.45, 2.75) is 31.4 Å². The number of carbonyl (C=O) groups excluding carboxylic acids is 1. The van der Waals surface area contributed by atoms with Crippen molar-refractivity contribution in [1.82, 2.24) is 14.9 Å². The van der Waals surface area contributed by atoms with Crippen LogP contribution in [0.1, 0.15) is 31.4 Å². The fraction of sp³-hybridized carbons (Fsp3) is 0.412. The standard InChI is InChI=1S/C17H21N3O2S/c1-13(19-16(21)17(22)5-9-23-10-6-17)14-3-2-4-15(11-14)20-8-7-18-12-20/h2-4,7-8,11-13,22H,5-6,9-10H2,1H3,(H,19,21). The fourth-order valence-electron chi connectivity index (χ4n) is 2.72. The molecule has 1 aromatic heterocycles. The maximum absolute atomic E-state index is 12.4. The minimum absolute atomic E-state index is 0.162. The number of aromatic nitrogens is 2. The second kappa shape index (κ2) is 6.76. The van der Waals surface area contributed by atoms with Gasteiger partial charge in [0.1, 0.15) is 5.60 Å². The van der Waals surface area contributed by atoms with E-state index < -0.39 is 5.60 Å². The Morgan fingerprint density at radius 1 is 1.43 bits per heavy atom. The molecule has 23 heavy (non-hydrogen) atoms. The predicted octanol–water partition coefficient (Wildman–Crippen LogP) is 2.31. The van der Waals surface area contributed by atoms with E-state index in [1.807, 2.05) is 42.0 Å². The Morgan fingerprint density at radius 2 is 2.22 bits per heavy atom. The lowest BCUT2D eigenvalue weighted by molar-refractivity contribution is -0.141. The van der Waals surface area contributed by atoms with E-state index in [4.69, 9.17) is 0 Å². The van der Waals surface area contributed by atoms with Gasteiger partial charge in [0.15, 0.2) is 0 Å². The van der Waals surface area contributed by atoms with Gasteiger partial charge in [0.05, 0.1) is 12.4 Å². The van der Waals surface area contributed by atoms with E-state index in [0.29, 0.717) is 12.8 Å². The average molecular weight is 331 g/mol. The van der Waals surface area contributed by atoms with Crippen molar-refractivity contribution in [3.05, 3.63) is 48.5 Å². The average Bonchev–Trinajstić information content (AvgIpc) is 3.10. The third kappa shape index (κ3) is 3.59. The smallest absolute Gasteiger partial charge is 0.252 e. The zero-order chi connectivity index (χ0) is 16.3. The zero-order valence-corrected chi connectivity index (χ0v) is 13.9. The van der Waals surface area contributed by atoms with Gasteiger partial charge in [0.25, 0.3) is 5.91 Å². The molecule has 3 rings (SSSR count). The quantitative estimate of drug-likeness (QED) is 0.902. The number of rotatable bonds is 4. The van der Waals surface area contributed by atoms with E-state index >= 15 is 0 Å². The minimum Gasteiger partial charge on any atom is -0.380 e. The highest BCUT2D eigenvalue weighted by Crippen LogP contribution is 2.28. The second-order valence-electron chi connectivity index (χ2n) is 5.90. The molecule has 1 aromatic carbocycles. The van der Waals surface area contributed by atoms with Gasteiger partial charge in [-0.1, -0.05) is 12.1 Å². The maximum Gasteiger partial charge on any atom is 0.252 e. The monoisotopic (exact) mass is 331 g/mol. The lowest BCUT2D eigenvalue weighted by Crippen LogP contribution is -2.49. The molecular formula is C17H21N3O2S. The second-order valence-corrected chi connectivity index (χ2v) is 7.13. The number of nitrogens with one attached hydrogen (secondary N) is 1. The molecule has 0 radical (unpaired) electrons. The van der Waals surface area contributed by atoms with Crippen LogP contribution in [-0.2, 0) is 4.79 Å². The van der Waals surface area contributed by atoms with Gasteiger partial charge in [-0.2, -0.15) is 11.8 Å². The Hall–Kier alpha value is -1.79. The molecule has 6 heteroatoms. The van der Waals surface area contributed by atoms with E-state index in [-0.39, 0.29) is 11.9 Å². The SMILES string of the molecule is CC(NC(=O)C1(O)CCSCC1)c1cccc(-n2ccnc2)c1. The first-order chi connectivity index (χ1) is 11.1. The molecule has 1 fully saturated rings. The highest BCUT2D eigenvalue weighted by molar-refractivity contribution is 7.99. The van der Waals surface area contributed by atoms with Crippen LogP contribution in [0.3, 0.4) is 0 Å². The number of aliphatic hydroxyl groups is 1. The van der Waals surface area contributed by atoms with E-state index in [0.717, 1.165) is 22.8 Å². The largest absolute Gasteiger partial charge is 0.380 e. The summed E-state index contributed by atoms with van der Waals surface area (Å²) in [6, 6.07) is 7.79. The van der Waals surface area contributed by atoms with Crippen molar-refractivity contribution in [2.75, 3.05) is 11.5 Å². The van der Waals surface area contributed by atoms with Crippen molar-refractivity contribution >= 4 is 17.7 Å².